The number of aliphatic hydroxyl groups is 1. The van der Waals surface area contributed by atoms with Crippen molar-refractivity contribution in [3.05, 3.63) is 18.2 Å². The Labute approximate surface area is 111 Å². The second-order valence-corrected chi connectivity index (χ2v) is 5.13. The van der Waals surface area contributed by atoms with Crippen LogP contribution in [0, 0.1) is 5.41 Å². The number of anilines is 1. The number of fused-ring (bicyclic) bond motifs is 1. The minimum atomic E-state index is -0.554. The van der Waals surface area contributed by atoms with Crippen LogP contribution in [0.3, 0.4) is 0 Å². The lowest BCUT2D eigenvalue weighted by Crippen LogP contribution is -2.36. The van der Waals surface area contributed by atoms with Crippen molar-refractivity contribution < 1.29 is 19.4 Å². The Hall–Kier alpha value is -1.75. The highest BCUT2D eigenvalue weighted by molar-refractivity contribution is 5.99. The van der Waals surface area contributed by atoms with Gasteiger partial charge in [-0.2, -0.15) is 0 Å². The molecule has 5 heteroatoms. The fraction of sp³-hybridized carbons (Fsp3) is 0.500. The lowest BCUT2D eigenvalue weighted by molar-refractivity contribution is -0.124. The van der Waals surface area contributed by atoms with E-state index in [2.05, 4.69) is 0 Å². The summed E-state index contributed by atoms with van der Waals surface area (Å²) in [6.07, 6.45) is 1.52. The highest BCUT2D eigenvalue weighted by Gasteiger charge is 2.50. The van der Waals surface area contributed by atoms with Crippen LogP contribution < -0.4 is 14.4 Å². The molecule has 0 radical (unpaired) electrons. The van der Waals surface area contributed by atoms with E-state index in [-0.39, 0.29) is 12.5 Å². The number of carbonyl (C=O) groups is 1. The molecular weight excluding hydrogens is 246 g/mol. The van der Waals surface area contributed by atoms with Crippen molar-refractivity contribution in [3.63, 3.8) is 0 Å². The molecule has 1 aliphatic carbocycles. The molecule has 0 saturated heterocycles. The van der Waals surface area contributed by atoms with Gasteiger partial charge in [-0.15, -0.1) is 0 Å². The van der Waals surface area contributed by atoms with E-state index in [9.17, 15) is 9.90 Å². The summed E-state index contributed by atoms with van der Waals surface area (Å²) in [5.41, 5.74) is 0.205. The largest absolute Gasteiger partial charge is 0.486 e. The number of hydrogen-bond acceptors (Lipinski definition) is 4. The molecule has 1 saturated carbocycles. The van der Waals surface area contributed by atoms with E-state index in [1.165, 1.54) is 0 Å². The molecule has 5 nitrogen and oxygen atoms in total. The summed E-state index contributed by atoms with van der Waals surface area (Å²) in [4.78, 5) is 13.9. The third-order valence-corrected chi connectivity index (χ3v) is 3.83. The van der Waals surface area contributed by atoms with Gasteiger partial charge in [0.2, 0.25) is 5.91 Å². The normalized spacial score (nSPS) is 18.8. The van der Waals surface area contributed by atoms with Crippen LogP contribution in [0.2, 0.25) is 0 Å². The van der Waals surface area contributed by atoms with Crippen molar-refractivity contribution in [2.45, 2.75) is 12.8 Å². The summed E-state index contributed by atoms with van der Waals surface area (Å²) in [5, 5.41) is 9.32. The van der Waals surface area contributed by atoms with Crippen LogP contribution in [0.25, 0.3) is 0 Å². The number of nitrogens with zero attached hydrogens (tertiary/aromatic N) is 1. The van der Waals surface area contributed by atoms with Gasteiger partial charge in [-0.1, -0.05) is 0 Å². The Morgan fingerprint density at radius 2 is 2.00 bits per heavy atom. The van der Waals surface area contributed by atoms with Gasteiger partial charge >= 0.3 is 0 Å². The van der Waals surface area contributed by atoms with E-state index in [1.807, 2.05) is 12.1 Å². The SMILES string of the molecule is CN(C(=O)C1(CO)CC1)c1ccc2c(c1)OCCO2. The van der Waals surface area contributed by atoms with Crippen LogP contribution in [0.4, 0.5) is 5.69 Å². The van der Waals surface area contributed by atoms with Crippen LogP contribution in [0.1, 0.15) is 12.8 Å². The molecule has 1 N–H and O–H groups in total. The first-order chi connectivity index (χ1) is 9.16. The summed E-state index contributed by atoms with van der Waals surface area (Å²) in [6, 6.07) is 5.45. The zero-order chi connectivity index (χ0) is 13.5. The summed E-state index contributed by atoms with van der Waals surface area (Å²) < 4.78 is 11.0. The highest BCUT2D eigenvalue weighted by atomic mass is 16.6. The fourth-order valence-corrected chi connectivity index (χ4v) is 2.30. The van der Waals surface area contributed by atoms with E-state index in [0.717, 1.165) is 18.5 Å². The van der Waals surface area contributed by atoms with Gasteiger partial charge in [-0.3, -0.25) is 4.79 Å². The molecule has 1 heterocycles. The predicted molar refractivity (Wildman–Crippen MR) is 69.6 cm³/mol. The third kappa shape index (κ3) is 2.04. The van der Waals surface area contributed by atoms with Gasteiger partial charge in [0.1, 0.15) is 13.2 Å². The lowest BCUT2D eigenvalue weighted by atomic mass is 10.1. The topological polar surface area (TPSA) is 59.0 Å². The number of rotatable bonds is 3. The average molecular weight is 263 g/mol. The smallest absolute Gasteiger partial charge is 0.235 e. The van der Waals surface area contributed by atoms with Crippen LogP contribution in [-0.2, 0) is 4.79 Å². The second kappa shape index (κ2) is 4.42. The summed E-state index contributed by atoms with van der Waals surface area (Å²) in [5.74, 6) is 1.34. The highest BCUT2D eigenvalue weighted by Crippen LogP contribution is 2.47. The van der Waals surface area contributed by atoms with Gasteiger partial charge in [0.05, 0.1) is 12.0 Å². The summed E-state index contributed by atoms with van der Waals surface area (Å²) in [7, 11) is 1.73. The third-order valence-electron chi connectivity index (χ3n) is 3.83. The molecule has 2 aliphatic rings. The predicted octanol–water partition coefficient (Wildman–Crippen LogP) is 1.19. The van der Waals surface area contributed by atoms with Crippen LogP contribution in [0.15, 0.2) is 18.2 Å². The minimum absolute atomic E-state index is 0.0355. The average Bonchev–Trinajstić information content (AvgIpc) is 3.26. The maximum atomic E-state index is 12.3. The maximum absolute atomic E-state index is 12.3. The first-order valence-electron chi connectivity index (χ1n) is 6.45. The van der Waals surface area contributed by atoms with Crippen molar-refractivity contribution in [2.24, 2.45) is 5.41 Å². The number of hydrogen-bond donors (Lipinski definition) is 1. The van der Waals surface area contributed by atoms with Crippen LogP contribution >= 0.6 is 0 Å². The van der Waals surface area contributed by atoms with Gasteiger partial charge in [-0.05, 0) is 25.0 Å². The lowest BCUT2D eigenvalue weighted by Gasteiger charge is -2.24. The Morgan fingerprint density at radius 1 is 1.32 bits per heavy atom. The monoisotopic (exact) mass is 263 g/mol. The number of carbonyl (C=O) groups excluding carboxylic acids is 1. The Bertz CT molecular complexity index is 510. The molecule has 0 bridgehead atoms. The Kier molecular flexibility index (Phi) is 2.86. The first kappa shape index (κ1) is 12.3. The number of amides is 1. The fourth-order valence-electron chi connectivity index (χ4n) is 2.30. The molecule has 3 rings (SSSR count). The molecule has 102 valence electrons. The molecule has 0 aromatic heterocycles. The van der Waals surface area contributed by atoms with E-state index >= 15 is 0 Å². The number of benzene rings is 1. The quantitative estimate of drug-likeness (QED) is 0.890. The van der Waals surface area contributed by atoms with E-state index in [4.69, 9.17) is 9.47 Å². The first-order valence-corrected chi connectivity index (χ1v) is 6.45. The molecule has 0 atom stereocenters. The van der Waals surface area contributed by atoms with Crippen molar-refractivity contribution in [1.29, 1.82) is 0 Å². The maximum Gasteiger partial charge on any atom is 0.235 e. The van der Waals surface area contributed by atoms with Crippen molar-refractivity contribution in [3.8, 4) is 11.5 Å². The molecule has 1 aliphatic heterocycles. The van der Waals surface area contributed by atoms with Gasteiger partial charge in [0.25, 0.3) is 0 Å². The molecule has 1 fully saturated rings. The minimum Gasteiger partial charge on any atom is -0.486 e. The van der Waals surface area contributed by atoms with Gasteiger partial charge in [0.15, 0.2) is 11.5 Å². The van der Waals surface area contributed by atoms with Gasteiger partial charge < -0.3 is 19.5 Å². The molecule has 0 spiro atoms. The Morgan fingerprint density at radius 3 is 2.63 bits per heavy atom. The van der Waals surface area contributed by atoms with Crippen LogP contribution in [-0.4, -0.2) is 37.9 Å². The Balaban J connectivity index is 1.84. The van der Waals surface area contributed by atoms with Crippen molar-refractivity contribution in [2.75, 3.05) is 31.8 Å². The van der Waals surface area contributed by atoms with E-state index < -0.39 is 5.41 Å². The summed E-state index contributed by atoms with van der Waals surface area (Å²) in [6.45, 7) is 0.990. The van der Waals surface area contributed by atoms with Crippen molar-refractivity contribution in [1.82, 2.24) is 0 Å². The number of aliphatic hydroxyl groups excluding tert-OH is 1. The molecule has 1 aromatic carbocycles. The van der Waals surface area contributed by atoms with Gasteiger partial charge in [0, 0.05) is 18.8 Å². The van der Waals surface area contributed by atoms with Gasteiger partial charge in [-0.25, -0.2) is 0 Å². The zero-order valence-electron chi connectivity index (χ0n) is 10.9. The molecule has 19 heavy (non-hydrogen) atoms. The molecular formula is C14H17NO4. The van der Waals surface area contributed by atoms with E-state index in [0.29, 0.717) is 24.7 Å². The van der Waals surface area contributed by atoms with Crippen LogP contribution in [0.5, 0.6) is 11.5 Å². The molecule has 1 amide bonds. The summed E-state index contributed by atoms with van der Waals surface area (Å²) >= 11 is 0. The van der Waals surface area contributed by atoms with E-state index in [1.54, 1.807) is 18.0 Å². The second-order valence-electron chi connectivity index (χ2n) is 5.13. The zero-order valence-corrected chi connectivity index (χ0v) is 10.9. The molecule has 1 aromatic rings. The molecule has 0 unspecified atom stereocenters. The standard InChI is InChI=1S/C14H17NO4/c1-15(13(17)14(9-16)4-5-14)10-2-3-11-12(8-10)19-7-6-18-11/h2-3,8,16H,4-7,9H2,1H3. The van der Waals surface area contributed by atoms with Crippen molar-refractivity contribution >= 4 is 11.6 Å². The number of ether oxygens (including phenoxy) is 2.